The van der Waals surface area contributed by atoms with Crippen LogP contribution < -0.4 is 5.32 Å². The van der Waals surface area contributed by atoms with E-state index in [1.54, 1.807) is 10.6 Å². The Balaban J connectivity index is 1.30. The Morgan fingerprint density at radius 1 is 1.19 bits per heavy atom. The molecule has 2 amide bonds. The Bertz CT molecular complexity index is 846. The van der Waals surface area contributed by atoms with Crippen LogP contribution in [0.1, 0.15) is 32.8 Å². The van der Waals surface area contributed by atoms with Gasteiger partial charge in [-0.25, -0.2) is 0 Å². The fourth-order valence-electron chi connectivity index (χ4n) is 4.14. The van der Waals surface area contributed by atoms with Crippen molar-refractivity contribution in [2.24, 2.45) is 13.0 Å². The molecule has 2 aliphatic heterocycles. The zero-order valence-electron chi connectivity index (χ0n) is 15.7. The van der Waals surface area contributed by atoms with Crippen LogP contribution in [0.4, 0.5) is 0 Å². The van der Waals surface area contributed by atoms with Crippen molar-refractivity contribution in [2.75, 3.05) is 19.6 Å². The van der Waals surface area contributed by atoms with E-state index in [0.717, 1.165) is 24.1 Å². The van der Waals surface area contributed by atoms with E-state index in [9.17, 15) is 9.59 Å². The Morgan fingerprint density at radius 2 is 2.00 bits per heavy atom. The summed E-state index contributed by atoms with van der Waals surface area (Å²) in [6, 6.07) is 11.3. The van der Waals surface area contributed by atoms with Gasteiger partial charge in [-0.3, -0.25) is 9.59 Å². The van der Waals surface area contributed by atoms with Gasteiger partial charge in [-0.05, 0) is 37.1 Å². The van der Waals surface area contributed by atoms with Crippen molar-refractivity contribution in [3.05, 3.63) is 59.4 Å². The maximum absolute atomic E-state index is 12.8. The lowest BCUT2D eigenvalue weighted by Crippen LogP contribution is -2.36. The summed E-state index contributed by atoms with van der Waals surface area (Å²) in [4.78, 5) is 26.9. The molecule has 0 radical (unpaired) electrons. The first-order chi connectivity index (χ1) is 13.0. The van der Waals surface area contributed by atoms with Crippen molar-refractivity contribution >= 4 is 11.8 Å². The van der Waals surface area contributed by atoms with Gasteiger partial charge in [0.05, 0.1) is 12.2 Å². The Labute approximate surface area is 159 Å². The van der Waals surface area contributed by atoms with Gasteiger partial charge in [-0.1, -0.05) is 18.2 Å². The highest BCUT2D eigenvalue weighted by Gasteiger charge is 2.43. The number of ether oxygens (including phenoxy) is 1. The third kappa shape index (κ3) is 3.49. The molecule has 6 heteroatoms. The number of aryl methyl sites for hydroxylation is 2. The molecule has 2 saturated heterocycles. The van der Waals surface area contributed by atoms with Crippen LogP contribution in [0.25, 0.3) is 0 Å². The highest BCUT2D eigenvalue weighted by molar-refractivity contribution is 5.96. The van der Waals surface area contributed by atoms with Gasteiger partial charge in [0.15, 0.2) is 0 Å². The lowest BCUT2D eigenvalue weighted by molar-refractivity contribution is 0.0357. The fourth-order valence-corrected chi connectivity index (χ4v) is 4.14. The summed E-state index contributed by atoms with van der Waals surface area (Å²) in [5.41, 5.74) is 2.41. The summed E-state index contributed by atoms with van der Waals surface area (Å²) in [6.45, 7) is 3.81. The Kier molecular flexibility index (Phi) is 4.74. The maximum atomic E-state index is 12.8. The second-order valence-corrected chi connectivity index (χ2v) is 7.53. The first-order valence-corrected chi connectivity index (χ1v) is 9.43. The van der Waals surface area contributed by atoms with E-state index in [-0.39, 0.29) is 24.0 Å². The van der Waals surface area contributed by atoms with E-state index >= 15 is 0 Å². The molecule has 4 rings (SSSR count). The van der Waals surface area contributed by atoms with Crippen LogP contribution in [0.3, 0.4) is 0 Å². The standard InChI is InChI=1S/C21H25N3O3/c1-14-6-3-4-7-17(14)21(26)24-12-15-10-16(27-19(15)13-24)11-22-20(25)18-8-5-9-23(18)2/h3-9,15-16,19H,10-13H2,1-2H3,(H,22,25)/t15-,16-,19+/m1/s1. The lowest BCUT2D eigenvalue weighted by atomic mass is 10.0. The number of hydrogen-bond donors (Lipinski definition) is 1. The van der Waals surface area contributed by atoms with Crippen LogP contribution >= 0.6 is 0 Å². The molecule has 0 bridgehead atoms. The molecule has 0 saturated carbocycles. The topological polar surface area (TPSA) is 63.6 Å². The summed E-state index contributed by atoms with van der Waals surface area (Å²) in [5.74, 6) is 0.342. The largest absolute Gasteiger partial charge is 0.371 e. The van der Waals surface area contributed by atoms with Gasteiger partial charge < -0.3 is 19.5 Å². The minimum Gasteiger partial charge on any atom is -0.371 e. The SMILES string of the molecule is Cc1ccccc1C(=O)N1C[C@H]2C[C@H](CNC(=O)c3cccn3C)O[C@H]2C1. The second kappa shape index (κ2) is 7.19. The number of fused-ring (bicyclic) bond motifs is 1. The van der Waals surface area contributed by atoms with Crippen molar-refractivity contribution in [1.82, 2.24) is 14.8 Å². The summed E-state index contributed by atoms with van der Waals surface area (Å²) < 4.78 is 7.91. The van der Waals surface area contributed by atoms with E-state index in [1.165, 1.54) is 0 Å². The predicted molar refractivity (Wildman–Crippen MR) is 102 cm³/mol. The van der Waals surface area contributed by atoms with Gasteiger partial charge in [-0.15, -0.1) is 0 Å². The molecule has 1 aromatic heterocycles. The number of amides is 2. The number of carbonyl (C=O) groups is 2. The number of rotatable bonds is 4. The van der Waals surface area contributed by atoms with Crippen molar-refractivity contribution < 1.29 is 14.3 Å². The third-order valence-corrected chi connectivity index (χ3v) is 5.64. The van der Waals surface area contributed by atoms with Crippen LogP contribution in [-0.4, -0.2) is 53.1 Å². The monoisotopic (exact) mass is 367 g/mol. The van der Waals surface area contributed by atoms with E-state index < -0.39 is 0 Å². The summed E-state index contributed by atoms with van der Waals surface area (Å²) in [6.07, 6.45) is 2.80. The average Bonchev–Trinajstić information content (AvgIpc) is 3.34. The van der Waals surface area contributed by atoms with Crippen molar-refractivity contribution in [2.45, 2.75) is 25.6 Å². The second-order valence-electron chi connectivity index (χ2n) is 7.53. The number of benzene rings is 1. The van der Waals surface area contributed by atoms with E-state index in [1.807, 2.05) is 55.4 Å². The van der Waals surface area contributed by atoms with Gasteiger partial charge in [0.2, 0.25) is 0 Å². The number of hydrogen-bond acceptors (Lipinski definition) is 3. The zero-order valence-corrected chi connectivity index (χ0v) is 15.7. The van der Waals surface area contributed by atoms with Gasteiger partial charge in [0, 0.05) is 44.4 Å². The zero-order chi connectivity index (χ0) is 19.0. The Hall–Kier alpha value is -2.60. The maximum Gasteiger partial charge on any atom is 0.267 e. The molecule has 3 atom stereocenters. The number of aromatic nitrogens is 1. The highest BCUT2D eigenvalue weighted by Crippen LogP contribution is 2.33. The molecule has 2 fully saturated rings. The van der Waals surface area contributed by atoms with Crippen molar-refractivity contribution in [1.29, 1.82) is 0 Å². The number of nitrogens with one attached hydrogen (secondary N) is 1. The molecular formula is C21H25N3O3. The molecule has 0 spiro atoms. The molecule has 3 heterocycles. The molecule has 0 unspecified atom stereocenters. The summed E-state index contributed by atoms with van der Waals surface area (Å²) in [7, 11) is 1.85. The van der Waals surface area contributed by atoms with Crippen LogP contribution in [0.5, 0.6) is 0 Å². The Morgan fingerprint density at radius 3 is 2.70 bits per heavy atom. The number of carbonyl (C=O) groups excluding carboxylic acids is 2. The van der Waals surface area contributed by atoms with Crippen LogP contribution in [-0.2, 0) is 11.8 Å². The molecule has 0 aliphatic carbocycles. The lowest BCUT2D eigenvalue weighted by Gasteiger charge is -2.20. The summed E-state index contributed by atoms with van der Waals surface area (Å²) in [5, 5.41) is 2.96. The molecule has 27 heavy (non-hydrogen) atoms. The smallest absolute Gasteiger partial charge is 0.267 e. The van der Waals surface area contributed by atoms with E-state index in [4.69, 9.17) is 4.74 Å². The van der Waals surface area contributed by atoms with Crippen molar-refractivity contribution in [3.63, 3.8) is 0 Å². The van der Waals surface area contributed by atoms with E-state index in [2.05, 4.69) is 5.32 Å². The number of likely N-dealkylation sites (tertiary alicyclic amines) is 1. The number of nitrogens with zero attached hydrogens (tertiary/aromatic N) is 2. The van der Waals surface area contributed by atoms with Crippen LogP contribution in [0, 0.1) is 12.8 Å². The molecule has 1 aromatic carbocycles. The van der Waals surface area contributed by atoms with Gasteiger partial charge in [0.1, 0.15) is 5.69 Å². The molecule has 2 aliphatic rings. The average molecular weight is 367 g/mol. The van der Waals surface area contributed by atoms with Gasteiger partial charge >= 0.3 is 0 Å². The molecule has 1 N–H and O–H groups in total. The minimum atomic E-state index is -0.0838. The molecule has 2 aromatic rings. The fraction of sp³-hybridized carbons (Fsp3) is 0.429. The molecular weight excluding hydrogens is 342 g/mol. The highest BCUT2D eigenvalue weighted by atomic mass is 16.5. The predicted octanol–water partition coefficient (Wildman–Crippen LogP) is 1.99. The first-order valence-electron chi connectivity index (χ1n) is 9.43. The normalized spacial score (nSPS) is 24.1. The van der Waals surface area contributed by atoms with Crippen molar-refractivity contribution in [3.8, 4) is 0 Å². The first kappa shape index (κ1) is 17.8. The third-order valence-electron chi connectivity index (χ3n) is 5.64. The van der Waals surface area contributed by atoms with E-state index in [0.29, 0.717) is 24.7 Å². The quantitative estimate of drug-likeness (QED) is 0.899. The van der Waals surface area contributed by atoms with Crippen LogP contribution in [0.15, 0.2) is 42.6 Å². The van der Waals surface area contributed by atoms with Gasteiger partial charge in [-0.2, -0.15) is 0 Å². The van der Waals surface area contributed by atoms with Crippen LogP contribution in [0.2, 0.25) is 0 Å². The van der Waals surface area contributed by atoms with Gasteiger partial charge in [0.25, 0.3) is 11.8 Å². The summed E-state index contributed by atoms with van der Waals surface area (Å²) >= 11 is 0. The minimum absolute atomic E-state index is 0.0138. The molecule has 142 valence electrons. The molecule has 6 nitrogen and oxygen atoms in total.